The SMILES string of the molecule is O=S(=O)(c1ccc(Cl)cc1)N1CCN(c2cnnc(N3CCOCC3)c2)CC1. The van der Waals surface area contributed by atoms with Crippen molar-refractivity contribution in [3.05, 3.63) is 41.6 Å². The van der Waals surface area contributed by atoms with Crippen molar-refractivity contribution < 1.29 is 13.2 Å². The average molecular weight is 424 g/mol. The monoisotopic (exact) mass is 423 g/mol. The molecule has 1 aromatic heterocycles. The van der Waals surface area contributed by atoms with Crippen LogP contribution in [0.25, 0.3) is 0 Å². The maximum absolute atomic E-state index is 12.8. The molecule has 1 aromatic carbocycles. The van der Waals surface area contributed by atoms with Crippen LogP contribution in [0, 0.1) is 0 Å². The third kappa shape index (κ3) is 4.07. The van der Waals surface area contributed by atoms with Gasteiger partial charge in [-0.25, -0.2) is 8.42 Å². The van der Waals surface area contributed by atoms with Crippen molar-refractivity contribution in [2.24, 2.45) is 0 Å². The van der Waals surface area contributed by atoms with Gasteiger partial charge in [-0.05, 0) is 24.3 Å². The van der Waals surface area contributed by atoms with Crippen molar-refractivity contribution in [1.82, 2.24) is 14.5 Å². The molecule has 2 aromatic rings. The number of aromatic nitrogens is 2. The van der Waals surface area contributed by atoms with Crippen LogP contribution < -0.4 is 9.80 Å². The molecule has 0 saturated carbocycles. The molecule has 0 aliphatic carbocycles. The van der Waals surface area contributed by atoms with Crippen LogP contribution in [-0.2, 0) is 14.8 Å². The average Bonchev–Trinajstić information content (AvgIpc) is 2.75. The van der Waals surface area contributed by atoms with Crippen LogP contribution in [0.5, 0.6) is 0 Å². The van der Waals surface area contributed by atoms with Gasteiger partial charge in [0.2, 0.25) is 10.0 Å². The van der Waals surface area contributed by atoms with Gasteiger partial charge >= 0.3 is 0 Å². The number of nitrogens with zero attached hydrogens (tertiary/aromatic N) is 5. The third-order valence-corrected chi connectivity index (χ3v) is 7.18. The van der Waals surface area contributed by atoms with Crippen molar-refractivity contribution in [2.75, 3.05) is 62.3 Å². The minimum absolute atomic E-state index is 0.269. The lowest BCUT2D eigenvalue weighted by atomic mass is 10.3. The van der Waals surface area contributed by atoms with Crippen LogP contribution in [0.2, 0.25) is 5.02 Å². The molecule has 10 heteroatoms. The first kappa shape index (κ1) is 19.4. The number of anilines is 2. The summed E-state index contributed by atoms with van der Waals surface area (Å²) in [5, 5.41) is 8.89. The van der Waals surface area contributed by atoms with E-state index >= 15 is 0 Å². The number of sulfonamides is 1. The van der Waals surface area contributed by atoms with Crippen molar-refractivity contribution in [2.45, 2.75) is 4.90 Å². The Bertz CT molecular complexity index is 911. The first-order valence-corrected chi connectivity index (χ1v) is 11.0. The summed E-state index contributed by atoms with van der Waals surface area (Å²) in [4.78, 5) is 4.57. The van der Waals surface area contributed by atoms with E-state index < -0.39 is 10.0 Å². The molecular formula is C18H22ClN5O3S. The van der Waals surface area contributed by atoms with Gasteiger partial charge in [-0.2, -0.15) is 9.40 Å². The second-order valence-electron chi connectivity index (χ2n) is 6.72. The molecule has 0 N–H and O–H groups in total. The Kier molecular flexibility index (Phi) is 5.68. The molecule has 0 radical (unpaired) electrons. The Morgan fingerprint density at radius 2 is 1.61 bits per heavy atom. The molecule has 28 heavy (non-hydrogen) atoms. The first-order valence-electron chi connectivity index (χ1n) is 9.20. The van der Waals surface area contributed by atoms with E-state index in [9.17, 15) is 8.42 Å². The predicted molar refractivity (Wildman–Crippen MR) is 107 cm³/mol. The largest absolute Gasteiger partial charge is 0.378 e. The second kappa shape index (κ2) is 8.20. The van der Waals surface area contributed by atoms with Crippen LogP contribution in [0.3, 0.4) is 0 Å². The minimum Gasteiger partial charge on any atom is -0.378 e. The van der Waals surface area contributed by atoms with Crippen molar-refractivity contribution in [3.63, 3.8) is 0 Å². The lowest BCUT2D eigenvalue weighted by molar-refractivity contribution is 0.122. The summed E-state index contributed by atoms with van der Waals surface area (Å²) in [5.41, 5.74) is 0.958. The molecule has 2 aliphatic rings. The van der Waals surface area contributed by atoms with Gasteiger partial charge in [-0.1, -0.05) is 11.6 Å². The van der Waals surface area contributed by atoms with Gasteiger partial charge in [0.1, 0.15) is 0 Å². The number of piperazine rings is 1. The fourth-order valence-corrected chi connectivity index (χ4v) is 4.96. The quantitative estimate of drug-likeness (QED) is 0.736. The third-order valence-electron chi connectivity index (χ3n) is 5.02. The van der Waals surface area contributed by atoms with E-state index in [-0.39, 0.29) is 4.90 Å². The Hall–Kier alpha value is -1.94. The fraction of sp³-hybridized carbons (Fsp3) is 0.444. The normalized spacial score (nSPS) is 19.0. The Balaban J connectivity index is 1.43. The van der Waals surface area contributed by atoms with E-state index in [1.54, 1.807) is 30.5 Å². The number of hydrogen-bond acceptors (Lipinski definition) is 7. The van der Waals surface area contributed by atoms with Gasteiger partial charge in [0.15, 0.2) is 5.82 Å². The fourth-order valence-electron chi connectivity index (χ4n) is 3.41. The van der Waals surface area contributed by atoms with E-state index in [1.807, 2.05) is 6.07 Å². The Morgan fingerprint density at radius 1 is 0.929 bits per heavy atom. The van der Waals surface area contributed by atoms with Crippen molar-refractivity contribution >= 4 is 33.1 Å². The summed E-state index contributed by atoms with van der Waals surface area (Å²) in [6.07, 6.45) is 1.73. The van der Waals surface area contributed by atoms with Gasteiger partial charge < -0.3 is 14.5 Å². The first-order chi connectivity index (χ1) is 13.5. The standard InChI is InChI=1S/C18H22ClN5O3S/c19-15-1-3-17(4-2-15)28(25,26)24-7-5-22(6-8-24)16-13-18(21-20-14-16)23-9-11-27-12-10-23/h1-4,13-14H,5-12H2. The molecule has 2 aliphatic heterocycles. The van der Waals surface area contributed by atoms with Gasteiger partial charge in [0, 0.05) is 50.4 Å². The number of benzene rings is 1. The zero-order valence-corrected chi connectivity index (χ0v) is 16.9. The Labute approximate surface area is 169 Å². The van der Waals surface area contributed by atoms with Gasteiger partial charge in [-0.15, -0.1) is 5.10 Å². The van der Waals surface area contributed by atoms with Crippen molar-refractivity contribution in [3.8, 4) is 0 Å². The highest BCUT2D eigenvalue weighted by atomic mass is 35.5. The van der Waals surface area contributed by atoms with Crippen LogP contribution in [0.4, 0.5) is 11.5 Å². The van der Waals surface area contributed by atoms with Crippen LogP contribution >= 0.6 is 11.6 Å². The number of hydrogen-bond donors (Lipinski definition) is 0. The molecule has 0 spiro atoms. The summed E-state index contributed by atoms with van der Waals surface area (Å²) in [7, 11) is -3.51. The van der Waals surface area contributed by atoms with Crippen LogP contribution in [0.1, 0.15) is 0 Å². The number of rotatable bonds is 4. The summed E-state index contributed by atoms with van der Waals surface area (Å²) in [5.74, 6) is 0.831. The minimum atomic E-state index is -3.51. The zero-order valence-electron chi connectivity index (χ0n) is 15.4. The lowest BCUT2D eigenvalue weighted by Gasteiger charge is -2.35. The van der Waals surface area contributed by atoms with Gasteiger partial charge in [0.25, 0.3) is 0 Å². The highest BCUT2D eigenvalue weighted by Gasteiger charge is 2.29. The van der Waals surface area contributed by atoms with Gasteiger partial charge in [-0.3, -0.25) is 0 Å². The molecule has 4 rings (SSSR count). The van der Waals surface area contributed by atoms with E-state index in [2.05, 4.69) is 20.0 Å². The highest BCUT2D eigenvalue weighted by Crippen LogP contribution is 2.24. The number of halogens is 1. The van der Waals surface area contributed by atoms with E-state index in [0.29, 0.717) is 44.4 Å². The maximum atomic E-state index is 12.8. The number of morpholine rings is 1. The molecule has 0 atom stereocenters. The Morgan fingerprint density at radius 3 is 2.29 bits per heavy atom. The second-order valence-corrected chi connectivity index (χ2v) is 9.09. The molecule has 8 nitrogen and oxygen atoms in total. The molecule has 2 fully saturated rings. The van der Waals surface area contributed by atoms with E-state index in [4.69, 9.17) is 16.3 Å². The number of ether oxygens (including phenoxy) is 1. The molecular weight excluding hydrogens is 402 g/mol. The highest BCUT2D eigenvalue weighted by molar-refractivity contribution is 7.89. The van der Waals surface area contributed by atoms with E-state index in [1.165, 1.54) is 4.31 Å². The maximum Gasteiger partial charge on any atom is 0.243 e. The molecule has 3 heterocycles. The molecule has 2 saturated heterocycles. The van der Waals surface area contributed by atoms with Gasteiger partial charge in [0.05, 0.1) is 30.0 Å². The summed E-state index contributed by atoms with van der Waals surface area (Å²) < 4.78 is 32.6. The topological polar surface area (TPSA) is 78.9 Å². The van der Waals surface area contributed by atoms with Crippen LogP contribution in [-0.4, -0.2) is 75.4 Å². The summed E-state index contributed by atoms with van der Waals surface area (Å²) in [6, 6.07) is 8.31. The van der Waals surface area contributed by atoms with Crippen molar-refractivity contribution in [1.29, 1.82) is 0 Å². The molecule has 0 amide bonds. The molecule has 0 unspecified atom stereocenters. The summed E-state index contributed by atoms with van der Waals surface area (Å²) >= 11 is 5.87. The molecule has 150 valence electrons. The predicted octanol–water partition coefficient (Wildman–Crippen LogP) is 1.48. The smallest absolute Gasteiger partial charge is 0.243 e. The van der Waals surface area contributed by atoms with E-state index in [0.717, 1.165) is 24.6 Å². The van der Waals surface area contributed by atoms with Crippen LogP contribution in [0.15, 0.2) is 41.4 Å². The summed E-state index contributed by atoms with van der Waals surface area (Å²) in [6.45, 7) is 5.00. The molecule has 0 bridgehead atoms. The zero-order chi connectivity index (χ0) is 19.6. The lowest BCUT2D eigenvalue weighted by Crippen LogP contribution is -2.48.